The first-order valence-corrected chi connectivity index (χ1v) is 8.94. The zero-order valence-electron chi connectivity index (χ0n) is 14.6. The maximum absolute atomic E-state index is 4.32. The van der Waals surface area contributed by atoms with Crippen LogP contribution < -0.4 is 10.6 Å². The van der Waals surface area contributed by atoms with Gasteiger partial charge >= 0.3 is 0 Å². The average Bonchev–Trinajstić information content (AvgIpc) is 3.02. The minimum atomic E-state index is 0. The van der Waals surface area contributed by atoms with Crippen LogP contribution in [0, 0.1) is 0 Å². The van der Waals surface area contributed by atoms with Crippen molar-refractivity contribution < 1.29 is 0 Å². The Kier molecular flexibility index (Phi) is 8.23. The Morgan fingerprint density at radius 1 is 1.04 bits per heavy atom. The number of halogens is 1. The number of aliphatic imine (C=N–C) groups is 1. The lowest BCUT2D eigenvalue weighted by Gasteiger charge is -2.26. The van der Waals surface area contributed by atoms with Gasteiger partial charge in [-0.1, -0.05) is 6.42 Å². The molecule has 0 saturated carbocycles. The largest absolute Gasteiger partial charge is 0.355 e. The van der Waals surface area contributed by atoms with Crippen molar-refractivity contribution in [1.82, 2.24) is 30.3 Å². The number of nitrogens with one attached hydrogen (secondary N) is 2. The molecule has 24 heavy (non-hydrogen) atoms. The molecule has 1 saturated heterocycles. The summed E-state index contributed by atoms with van der Waals surface area (Å²) in [5.41, 5.74) is 0. The minimum Gasteiger partial charge on any atom is -0.355 e. The highest BCUT2D eigenvalue weighted by Gasteiger charge is 2.15. The number of hydrogen-bond donors (Lipinski definition) is 2. The Bertz CT molecular complexity index is 522. The SMILES string of the molecule is CN=C(NCCN1CCCCC1)NCc1nnc2n1CCCC2.I. The quantitative estimate of drug-likeness (QED) is 0.406. The third-order valence-corrected chi connectivity index (χ3v) is 4.74. The maximum atomic E-state index is 4.32. The van der Waals surface area contributed by atoms with Crippen molar-refractivity contribution in [3.05, 3.63) is 11.6 Å². The van der Waals surface area contributed by atoms with Crippen molar-refractivity contribution in [2.24, 2.45) is 4.99 Å². The van der Waals surface area contributed by atoms with Crippen LogP contribution in [0.2, 0.25) is 0 Å². The van der Waals surface area contributed by atoms with Crippen molar-refractivity contribution in [2.75, 3.05) is 33.2 Å². The maximum Gasteiger partial charge on any atom is 0.191 e. The van der Waals surface area contributed by atoms with Gasteiger partial charge in [0, 0.05) is 33.1 Å². The van der Waals surface area contributed by atoms with Gasteiger partial charge in [0.25, 0.3) is 0 Å². The highest BCUT2D eigenvalue weighted by molar-refractivity contribution is 14.0. The molecule has 2 aliphatic rings. The zero-order chi connectivity index (χ0) is 15.9. The number of nitrogens with zero attached hydrogens (tertiary/aromatic N) is 5. The van der Waals surface area contributed by atoms with Crippen LogP contribution in [-0.2, 0) is 19.5 Å². The first kappa shape index (κ1) is 19.4. The summed E-state index contributed by atoms with van der Waals surface area (Å²) in [6.45, 7) is 6.20. The predicted octanol–water partition coefficient (Wildman–Crippen LogP) is 1.38. The van der Waals surface area contributed by atoms with Crippen LogP contribution in [0.25, 0.3) is 0 Å². The normalized spacial score (nSPS) is 18.6. The molecule has 8 heteroatoms. The van der Waals surface area contributed by atoms with Crippen molar-refractivity contribution >= 4 is 29.9 Å². The summed E-state index contributed by atoms with van der Waals surface area (Å²) in [5, 5.41) is 15.4. The van der Waals surface area contributed by atoms with Crippen LogP contribution in [0.15, 0.2) is 4.99 Å². The summed E-state index contributed by atoms with van der Waals surface area (Å²) >= 11 is 0. The molecule has 0 aromatic carbocycles. The highest BCUT2D eigenvalue weighted by atomic mass is 127. The molecule has 2 aliphatic heterocycles. The molecule has 0 atom stereocenters. The molecule has 0 unspecified atom stereocenters. The summed E-state index contributed by atoms with van der Waals surface area (Å²) in [7, 11) is 1.81. The van der Waals surface area contributed by atoms with Crippen molar-refractivity contribution in [2.45, 2.75) is 51.6 Å². The van der Waals surface area contributed by atoms with Crippen LogP contribution in [0.4, 0.5) is 0 Å². The topological polar surface area (TPSA) is 70.4 Å². The molecule has 3 heterocycles. The van der Waals surface area contributed by atoms with Gasteiger partial charge in [-0.25, -0.2) is 0 Å². The lowest BCUT2D eigenvalue weighted by atomic mass is 10.1. The lowest BCUT2D eigenvalue weighted by molar-refractivity contribution is 0.232. The van der Waals surface area contributed by atoms with E-state index < -0.39 is 0 Å². The number of aromatic nitrogens is 3. The lowest BCUT2D eigenvalue weighted by Crippen LogP contribution is -2.42. The number of hydrogen-bond acceptors (Lipinski definition) is 4. The Morgan fingerprint density at radius 2 is 1.83 bits per heavy atom. The fourth-order valence-corrected chi connectivity index (χ4v) is 3.40. The van der Waals surface area contributed by atoms with Crippen molar-refractivity contribution in [3.63, 3.8) is 0 Å². The number of fused-ring (bicyclic) bond motifs is 1. The van der Waals surface area contributed by atoms with E-state index in [1.54, 1.807) is 0 Å². The Labute approximate surface area is 161 Å². The number of piperidine rings is 1. The van der Waals surface area contributed by atoms with Gasteiger partial charge in [0.1, 0.15) is 5.82 Å². The van der Waals surface area contributed by atoms with Crippen LogP contribution in [0.5, 0.6) is 0 Å². The summed E-state index contributed by atoms with van der Waals surface area (Å²) in [5.74, 6) is 2.98. The fraction of sp³-hybridized carbons (Fsp3) is 0.812. The molecule has 1 fully saturated rings. The average molecular weight is 447 g/mol. The van der Waals surface area contributed by atoms with Gasteiger partial charge in [-0.2, -0.15) is 0 Å². The minimum absolute atomic E-state index is 0. The van der Waals surface area contributed by atoms with Crippen LogP contribution in [0.3, 0.4) is 0 Å². The number of aryl methyl sites for hydroxylation is 1. The second kappa shape index (κ2) is 10.2. The second-order valence-electron chi connectivity index (χ2n) is 6.40. The predicted molar refractivity (Wildman–Crippen MR) is 107 cm³/mol. The standard InChI is InChI=1S/C16H29N7.HI/c1-17-16(18-8-12-22-9-4-2-5-10-22)19-13-15-21-20-14-7-3-6-11-23(14)15;/h2-13H2,1H3,(H2,17,18,19);1H. The van der Waals surface area contributed by atoms with E-state index in [0.717, 1.165) is 43.7 Å². The summed E-state index contributed by atoms with van der Waals surface area (Å²) in [6.07, 6.45) is 7.56. The molecule has 0 aliphatic carbocycles. The summed E-state index contributed by atoms with van der Waals surface area (Å²) < 4.78 is 2.25. The Balaban J connectivity index is 0.00000208. The van der Waals surface area contributed by atoms with Crippen molar-refractivity contribution in [1.29, 1.82) is 0 Å². The molecule has 0 bridgehead atoms. The molecule has 136 valence electrons. The molecule has 1 aromatic rings. The monoisotopic (exact) mass is 447 g/mol. The van der Waals surface area contributed by atoms with Crippen LogP contribution in [0.1, 0.15) is 43.8 Å². The molecule has 2 N–H and O–H groups in total. The second-order valence-corrected chi connectivity index (χ2v) is 6.40. The first-order chi connectivity index (χ1) is 11.4. The zero-order valence-corrected chi connectivity index (χ0v) is 17.0. The van der Waals surface area contributed by atoms with Gasteiger partial charge < -0.3 is 20.1 Å². The Hall–Kier alpha value is -0.900. The van der Waals surface area contributed by atoms with Crippen molar-refractivity contribution in [3.8, 4) is 0 Å². The van der Waals surface area contributed by atoms with E-state index in [-0.39, 0.29) is 24.0 Å². The summed E-state index contributed by atoms with van der Waals surface area (Å²) in [6, 6.07) is 0. The fourth-order valence-electron chi connectivity index (χ4n) is 3.40. The van der Waals surface area contributed by atoms with Gasteiger partial charge in [-0.15, -0.1) is 34.2 Å². The molecular formula is C16H30IN7. The van der Waals surface area contributed by atoms with Gasteiger partial charge in [-0.3, -0.25) is 4.99 Å². The Morgan fingerprint density at radius 3 is 2.62 bits per heavy atom. The molecule has 0 amide bonds. The van der Waals surface area contributed by atoms with E-state index in [2.05, 4.69) is 35.3 Å². The van der Waals surface area contributed by atoms with E-state index in [1.165, 1.54) is 45.2 Å². The summed E-state index contributed by atoms with van der Waals surface area (Å²) in [4.78, 5) is 6.83. The molecular weight excluding hydrogens is 417 g/mol. The van der Waals surface area contributed by atoms with Gasteiger partial charge in [-0.05, 0) is 38.8 Å². The molecule has 0 radical (unpaired) electrons. The number of rotatable bonds is 5. The van der Waals surface area contributed by atoms with E-state index in [1.807, 2.05) is 7.05 Å². The smallest absolute Gasteiger partial charge is 0.191 e. The molecule has 3 rings (SSSR count). The third kappa shape index (κ3) is 5.30. The van der Waals surface area contributed by atoms with Crippen LogP contribution >= 0.6 is 24.0 Å². The van der Waals surface area contributed by atoms with Gasteiger partial charge in [0.15, 0.2) is 11.8 Å². The third-order valence-electron chi connectivity index (χ3n) is 4.74. The van der Waals surface area contributed by atoms with Gasteiger partial charge in [0.05, 0.1) is 6.54 Å². The first-order valence-electron chi connectivity index (χ1n) is 8.94. The van der Waals surface area contributed by atoms with E-state index in [0.29, 0.717) is 6.54 Å². The van der Waals surface area contributed by atoms with E-state index in [4.69, 9.17) is 0 Å². The van der Waals surface area contributed by atoms with E-state index in [9.17, 15) is 0 Å². The van der Waals surface area contributed by atoms with Crippen LogP contribution in [-0.4, -0.2) is 58.9 Å². The number of likely N-dealkylation sites (tertiary alicyclic amines) is 1. The molecule has 1 aromatic heterocycles. The van der Waals surface area contributed by atoms with E-state index >= 15 is 0 Å². The van der Waals surface area contributed by atoms with Gasteiger partial charge in [0.2, 0.25) is 0 Å². The molecule has 7 nitrogen and oxygen atoms in total. The molecule has 0 spiro atoms. The highest BCUT2D eigenvalue weighted by Crippen LogP contribution is 2.13. The number of guanidine groups is 1.